The Morgan fingerprint density at radius 2 is 1.70 bits per heavy atom. The molecule has 0 spiro atoms. The highest BCUT2D eigenvalue weighted by atomic mass is 16.7. The van der Waals surface area contributed by atoms with Crippen LogP contribution in [0.15, 0.2) is 42.5 Å². The summed E-state index contributed by atoms with van der Waals surface area (Å²) in [7, 11) is 1.62. The van der Waals surface area contributed by atoms with Crippen LogP contribution in [0.2, 0.25) is 0 Å². The van der Waals surface area contributed by atoms with E-state index in [0.29, 0.717) is 6.42 Å². The third-order valence-electron chi connectivity index (χ3n) is 6.20. The average Bonchev–Trinajstić information content (AvgIpc) is 2.83. The molecule has 0 radical (unpaired) electrons. The van der Waals surface area contributed by atoms with E-state index in [2.05, 4.69) is 32.0 Å². The van der Waals surface area contributed by atoms with E-state index in [1.54, 1.807) is 7.11 Å². The molecule has 0 unspecified atom stereocenters. The van der Waals surface area contributed by atoms with Crippen LogP contribution in [-0.4, -0.2) is 25.5 Å². The predicted octanol–water partition coefficient (Wildman–Crippen LogP) is 5.72. The first kappa shape index (κ1) is 22.8. The van der Waals surface area contributed by atoms with Gasteiger partial charge >= 0.3 is 0 Å². The number of pyridine rings is 1. The minimum atomic E-state index is 0.0485. The van der Waals surface area contributed by atoms with Crippen molar-refractivity contribution in [1.29, 1.82) is 5.26 Å². The molecule has 0 saturated heterocycles. The van der Waals surface area contributed by atoms with Crippen LogP contribution in [0.5, 0.6) is 11.5 Å². The molecule has 170 valence electrons. The van der Waals surface area contributed by atoms with Gasteiger partial charge in [0.05, 0.1) is 0 Å². The number of hydrogen-bond donors (Lipinski definition) is 0. The highest BCUT2D eigenvalue weighted by Crippen LogP contribution is 2.33. The molecule has 5 nitrogen and oxygen atoms in total. The Kier molecular flexibility index (Phi) is 7.26. The highest BCUT2D eigenvalue weighted by Gasteiger charge is 2.16. The standard InChI is InChI=1S/C28H30N2O3/c1-19-14-25(32-13-12-29)15-20(2)26(19)17-24-10-11-27(33-18-31-3)28(30-24)23-9-8-21-6-4-5-7-22(21)16-23/h8-11,14-16H,4-7,13,17-18H2,1-3H3. The monoisotopic (exact) mass is 442 g/mol. The van der Waals surface area contributed by atoms with Crippen LogP contribution in [0.1, 0.15) is 46.4 Å². The van der Waals surface area contributed by atoms with E-state index in [4.69, 9.17) is 24.5 Å². The zero-order valence-electron chi connectivity index (χ0n) is 19.6. The molecular formula is C28H30N2O3. The fourth-order valence-electron chi connectivity index (χ4n) is 4.52. The van der Waals surface area contributed by atoms with E-state index in [9.17, 15) is 0 Å². The van der Waals surface area contributed by atoms with Gasteiger partial charge in [0.15, 0.2) is 13.4 Å². The van der Waals surface area contributed by atoms with Crippen LogP contribution >= 0.6 is 0 Å². The second-order valence-corrected chi connectivity index (χ2v) is 8.55. The molecule has 3 aromatic rings. The fourth-order valence-corrected chi connectivity index (χ4v) is 4.52. The Morgan fingerprint density at radius 1 is 0.939 bits per heavy atom. The molecule has 1 aliphatic carbocycles. The minimum Gasteiger partial charge on any atom is -0.479 e. The third kappa shape index (κ3) is 5.35. The van der Waals surface area contributed by atoms with Crippen molar-refractivity contribution in [1.82, 2.24) is 4.98 Å². The molecule has 0 amide bonds. The molecular weight excluding hydrogens is 412 g/mol. The van der Waals surface area contributed by atoms with Crippen LogP contribution in [0.25, 0.3) is 11.3 Å². The van der Waals surface area contributed by atoms with E-state index >= 15 is 0 Å². The summed E-state index contributed by atoms with van der Waals surface area (Å²) in [6.07, 6.45) is 5.49. The van der Waals surface area contributed by atoms with Gasteiger partial charge in [-0.3, -0.25) is 0 Å². The summed E-state index contributed by atoms with van der Waals surface area (Å²) in [5, 5.41) is 8.78. The molecule has 0 fully saturated rings. The molecule has 0 atom stereocenters. The van der Waals surface area contributed by atoms with Gasteiger partial charge in [0.2, 0.25) is 0 Å². The van der Waals surface area contributed by atoms with Crippen LogP contribution in [0.3, 0.4) is 0 Å². The normalized spacial score (nSPS) is 12.7. The van der Waals surface area contributed by atoms with Crippen LogP contribution in [-0.2, 0) is 24.0 Å². The molecule has 1 aliphatic rings. The average molecular weight is 443 g/mol. The number of rotatable bonds is 8. The molecule has 2 aromatic carbocycles. The first-order valence-corrected chi connectivity index (χ1v) is 11.4. The zero-order chi connectivity index (χ0) is 23.2. The number of methoxy groups -OCH3 is 1. The molecule has 5 heteroatoms. The Bertz CT molecular complexity index is 1160. The van der Waals surface area contributed by atoms with E-state index in [1.165, 1.54) is 29.5 Å². The predicted molar refractivity (Wildman–Crippen MR) is 129 cm³/mol. The maximum Gasteiger partial charge on any atom is 0.188 e. The number of benzene rings is 2. The summed E-state index contributed by atoms with van der Waals surface area (Å²) in [5.41, 5.74) is 9.24. The number of ether oxygens (including phenoxy) is 3. The number of nitriles is 1. The van der Waals surface area contributed by atoms with Gasteiger partial charge in [-0.15, -0.1) is 0 Å². The summed E-state index contributed by atoms with van der Waals surface area (Å²) < 4.78 is 16.5. The lowest BCUT2D eigenvalue weighted by atomic mass is 9.89. The topological polar surface area (TPSA) is 64.4 Å². The first-order valence-electron chi connectivity index (χ1n) is 11.4. The van der Waals surface area contributed by atoms with E-state index < -0.39 is 0 Å². The van der Waals surface area contributed by atoms with Crippen LogP contribution in [0, 0.1) is 25.2 Å². The molecule has 33 heavy (non-hydrogen) atoms. The number of fused-ring (bicyclic) bond motifs is 1. The van der Waals surface area contributed by atoms with Gasteiger partial charge in [-0.1, -0.05) is 12.1 Å². The van der Waals surface area contributed by atoms with Crippen molar-refractivity contribution < 1.29 is 14.2 Å². The summed E-state index contributed by atoms with van der Waals surface area (Å²) in [6, 6.07) is 16.7. The lowest BCUT2D eigenvalue weighted by molar-refractivity contribution is 0.0513. The Morgan fingerprint density at radius 3 is 2.42 bits per heavy atom. The Balaban J connectivity index is 1.68. The van der Waals surface area contributed by atoms with Crippen molar-refractivity contribution in [2.45, 2.75) is 46.0 Å². The smallest absolute Gasteiger partial charge is 0.188 e. The molecule has 0 N–H and O–H groups in total. The van der Waals surface area contributed by atoms with Crippen molar-refractivity contribution in [2.75, 3.05) is 20.5 Å². The van der Waals surface area contributed by atoms with Gasteiger partial charge < -0.3 is 14.2 Å². The SMILES string of the molecule is COCOc1ccc(Cc2c(C)cc(OCC#N)cc2C)nc1-c1ccc2c(c1)CCCC2. The Labute approximate surface area is 196 Å². The van der Waals surface area contributed by atoms with Gasteiger partial charge in [-0.25, -0.2) is 4.98 Å². The summed E-state index contributed by atoms with van der Waals surface area (Å²) in [5.74, 6) is 1.45. The summed E-state index contributed by atoms with van der Waals surface area (Å²) in [6.45, 7) is 4.37. The van der Waals surface area contributed by atoms with E-state index in [1.807, 2.05) is 30.3 Å². The van der Waals surface area contributed by atoms with Crippen molar-refractivity contribution in [3.63, 3.8) is 0 Å². The summed E-state index contributed by atoms with van der Waals surface area (Å²) >= 11 is 0. The van der Waals surface area contributed by atoms with Crippen LogP contribution in [0.4, 0.5) is 0 Å². The number of aromatic nitrogens is 1. The molecule has 0 aliphatic heterocycles. The van der Waals surface area contributed by atoms with Crippen molar-refractivity contribution in [3.8, 4) is 28.8 Å². The maximum atomic E-state index is 8.78. The van der Waals surface area contributed by atoms with Gasteiger partial charge in [0.1, 0.15) is 23.3 Å². The van der Waals surface area contributed by atoms with Crippen LogP contribution < -0.4 is 9.47 Å². The molecule has 1 aromatic heterocycles. The largest absolute Gasteiger partial charge is 0.479 e. The zero-order valence-corrected chi connectivity index (χ0v) is 19.6. The van der Waals surface area contributed by atoms with Crippen molar-refractivity contribution in [2.24, 2.45) is 0 Å². The summed E-state index contributed by atoms with van der Waals surface area (Å²) in [4.78, 5) is 5.04. The second-order valence-electron chi connectivity index (χ2n) is 8.55. The fraction of sp³-hybridized carbons (Fsp3) is 0.357. The molecule has 4 rings (SSSR count). The van der Waals surface area contributed by atoms with Gasteiger partial charge in [-0.2, -0.15) is 5.26 Å². The van der Waals surface area contributed by atoms with Crippen molar-refractivity contribution >= 4 is 0 Å². The molecule has 0 bridgehead atoms. The van der Waals surface area contributed by atoms with Crippen molar-refractivity contribution in [3.05, 3.63) is 76.0 Å². The first-order chi connectivity index (χ1) is 16.1. The number of nitrogens with zero attached hydrogens (tertiary/aromatic N) is 2. The minimum absolute atomic E-state index is 0.0485. The lowest BCUT2D eigenvalue weighted by Crippen LogP contribution is -2.06. The number of hydrogen-bond acceptors (Lipinski definition) is 5. The maximum absolute atomic E-state index is 8.78. The third-order valence-corrected chi connectivity index (χ3v) is 6.20. The van der Waals surface area contributed by atoms with E-state index in [-0.39, 0.29) is 13.4 Å². The Hall–Kier alpha value is -3.36. The quantitative estimate of drug-likeness (QED) is 0.418. The molecule has 1 heterocycles. The molecule has 0 saturated carbocycles. The van der Waals surface area contributed by atoms with E-state index in [0.717, 1.165) is 52.4 Å². The second kappa shape index (κ2) is 10.5. The van der Waals surface area contributed by atoms with Gasteiger partial charge in [0, 0.05) is 24.8 Å². The lowest BCUT2D eigenvalue weighted by Gasteiger charge is -2.18. The highest BCUT2D eigenvalue weighted by molar-refractivity contribution is 5.68. The number of aryl methyl sites for hydroxylation is 4. The van der Waals surface area contributed by atoms with Gasteiger partial charge in [0.25, 0.3) is 0 Å². The van der Waals surface area contributed by atoms with Gasteiger partial charge in [-0.05, 0) is 97.7 Å².